The number of amides is 1. The molecule has 1 fully saturated rings. The maximum atomic E-state index is 12.3. The van der Waals surface area contributed by atoms with Crippen molar-refractivity contribution in [3.05, 3.63) is 21.4 Å². The van der Waals surface area contributed by atoms with Gasteiger partial charge in [-0.15, -0.1) is 11.3 Å². The summed E-state index contributed by atoms with van der Waals surface area (Å²) in [6.45, 7) is 5.39. The number of carbonyl (C=O) groups is 2. The molecule has 0 atom stereocenters. The van der Waals surface area contributed by atoms with E-state index in [2.05, 4.69) is 0 Å². The quantitative estimate of drug-likeness (QED) is 0.926. The Morgan fingerprint density at radius 3 is 2.47 bits per heavy atom. The number of nitrogens with zero attached hydrogens (tertiary/aromatic N) is 1. The van der Waals surface area contributed by atoms with Gasteiger partial charge in [0, 0.05) is 24.4 Å². The minimum absolute atomic E-state index is 0.0926. The predicted molar refractivity (Wildman–Crippen MR) is 74.7 cm³/mol. The minimum atomic E-state index is -0.741. The van der Waals surface area contributed by atoms with Gasteiger partial charge in [0.25, 0.3) is 5.91 Å². The average molecular weight is 281 g/mol. The van der Waals surface area contributed by atoms with Crippen molar-refractivity contribution in [3.8, 4) is 0 Å². The highest BCUT2D eigenvalue weighted by Gasteiger charge is 2.25. The SMILES string of the molecule is Cc1cc(C(=O)N2CCC(CC(=O)O)CC2)sc1C. The van der Waals surface area contributed by atoms with Crippen molar-refractivity contribution in [1.82, 2.24) is 4.90 Å². The van der Waals surface area contributed by atoms with Gasteiger partial charge in [0.1, 0.15) is 0 Å². The van der Waals surface area contributed by atoms with Crippen molar-refractivity contribution in [2.24, 2.45) is 5.92 Å². The second-order valence-corrected chi connectivity index (χ2v) is 6.44. The first-order valence-corrected chi connectivity index (χ1v) is 7.37. The van der Waals surface area contributed by atoms with E-state index in [1.807, 2.05) is 24.8 Å². The van der Waals surface area contributed by atoms with Crippen molar-refractivity contribution in [1.29, 1.82) is 0 Å². The number of aliphatic carboxylic acids is 1. The number of hydrogen-bond acceptors (Lipinski definition) is 3. The Labute approximate surface area is 117 Å². The van der Waals surface area contributed by atoms with E-state index >= 15 is 0 Å². The fourth-order valence-corrected chi connectivity index (χ4v) is 3.42. The number of piperidine rings is 1. The molecule has 1 amide bonds. The number of carboxylic acid groups (broad SMARTS) is 1. The van der Waals surface area contributed by atoms with Crippen LogP contribution in [0.15, 0.2) is 6.07 Å². The van der Waals surface area contributed by atoms with E-state index in [1.54, 1.807) is 11.3 Å². The van der Waals surface area contributed by atoms with Crippen molar-refractivity contribution >= 4 is 23.2 Å². The molecule has 2 rings (SSSR count). The molecule has 0 spiro atoms. The van der Waals surface area contributed by atoms with Crippen LogP contribution in [0.2, 0.25) is 0 Å². The zero-order valence-electron chi connectivity index (χ0n) is 11.3. The van der Waals surface area contributed by atoms with Gasteiger partial charge < -0.3 is 10.0 Å². The molecule has 2 heterocycles. The van der Waals surface area contributed by atoms with Gasteiger partial charge in [-0.05, 0) is 44.2 Å². The van der Waals surface area contributed by atoms with Gasteiger partial charge in [-0.1, -0.05) is 0 Å². The summed E-state index contributed by atoms with van der Waals surface area (Å²) < 4.78 is 0. The second kappa shape index (κ2) is 5.74. The number of thiophene rings is 1. The summed E-state index contributed by atoms with van der Waals surface area (Å²) in [5.41, 5.74) is 1.16. The van der Waals surface area contributed by atoms with E-state index in [4.69, 9.17) is 5.11 Å². The zero-order valence-corrected chi connectivity index (χ0v) is 12.1. The van der Waals surface area contributed by atoms with Crippen LogP contribution in [0.4, 0.5) is 0 Å². The third-order valence-electron chi connectivity index (χ3n) is 3.74. The predicted octanol–water partition coefficient (Wildman–Crippen LogP) is 2.69. The number of carbonyl (C=O) groups excluding carboxylic acids is 1. The first-order chi connectivity index (χ1) is 8.97. The summed E-state index contributed by atoms with van der Waals surface area (Å²) in [5, 5.41) is 8.77. The normalized spacial score (nSPS) is 16.6. The number of rotatable bonds is 3. The Bertz CT molecular complexity index is 467. The number of likely N-dealkylation sites (tertiary alicyclic amines) is 1. The molecule has 19 heavy (non-hydrogen) atoms. The van der Waals surface area contributed by atoms with Gasteiger partial charge in [0.05, 0.1) is 4.88 Å². The van der Waals surface area contributed by atoms with Crippen LogP contribution in [0.1, 0.15) is 39.4 Å². The van der Waals surface area contributed by atoms with Crippen molar-refractivity contribution in [2.75, 3.05) is 13.1 Å². The molecule has 4 nitrogen and oxygen atoms in total. The molecule has 0 aliphatic carbocycles. The lowest BCUT2D eigenvalue weighted by atomic mass is 9.93. The van der Waals surface area contributed by atoms with Crippen LogP contribution in [0.25, 0.3) is 0 Å². The Morgan fingerprint density at radius 1 is 1.37 bits per heavy atom. The molecule has 0 saturated carbocycles. The molecule has 1 aromatic heterocycles. The van der Waals surface area contributed by atoms with Crippen molar-refractivity contribution in [3.63, 3.8) is 0 Å². The lowest BCUT2D eigenvalue weighted by Crippen LogP contribution is -2.38. The largest absolute Gasteiger partial charge is 0.481 e. The molecule has 1 aromatic rings. The highest BCUT2D eigenvalue weighted by atomic mass is 32.1. The van der Waals surface area contributed by atoms with E-state index < -0.39 is 5.97 Å². The van der Waals surface area contributed by atoms with E-state index in [1.165, 1.54) is 4.88 Å². The van der Waals surface area contributed by atoms with E-state index in [0.717, 1.165) is 23.3 Å². The molecule has 5 heteroatoms. The van der Waals surface area contributed by atoms with E-state index in [9.17, 15) is 9.59 Å². The molecular weight excluding hydrogens is 262 g/mol. The monoisotopic (exact) mass is 281 g/mol. The standard InChI is InChI=1S/C14H19NO3S/c1-9-7-12(19-10(9)2)14(18)15-5-3-11(4-6-15)8-13(16)17/h7,11H,3-6,8H2,1-2H3,(H,16,17). The van der Waals surface area contributed by atoms with Crippen LogP contribution >= 0.6 is 11.3 Å². The average Bonchev–Trinajstić information content (AvgIpc) is 2.69. The molecule has 1 N–H and O–H groups in total. The molecule has 0 bridgehead atoms. The highest BCUT2D eigenvalue weighted by Crippen LogP contribution is 2.25. The van der Waals surface area contributed by atoms with Gasteiger partial charge in [-0.25, -0.2) is 0 Å². The molecule has 0 unspecified atom stereocenters. The summed E-state index contributed by atoms with van der Waals surface area (Å²) in [6.07, 6.45) is 1.81. The summed E-state index contributed by atoms with van der Waals surface area (Å²) >= 11 is 1.54. The second-order valence-electron chi connectivity index (χ2n) is 5.18. The summed E-state index contributed by atoms with van der Waals surface area (Å²) in [4.78, 5) is 26.8. The number of aryl methyl sites for hydroxylation is 2. The molecule has 104 valence electrons. The maximum Gasteiger partial charge on any atom is 0.303 e. The minimum Gasteiger partial charge on any atom is -0.481 e. The third-order valence-corrected chi connectivity index (χ3v) is 4.88. The van der Waals surface area contributed by atoms with Crippen molar-refractivity contribution < 1.29 is 14.7 Å². The molecule has 0 aromatic carbocycles. The number of carboxylic acids is 1. The van der Waals surface area contributed by atoms with Gasteiger partial charge >= 0.3 is 5.97 Å². The topological polar surface area (TPSA) is 57.6 Å². The molecule has 0 radical (unpaired) electrons. The maximum absolute atomic E-state index is 12.3. The summed E-state index contributed by atoms with van der Waals surface area (Å²) in [5.74, 6) is -0.433. The van der Waals surface area contributed by atoms with Gasteiger partial charge in [-0.3, -0.25) is 9.59 Å². The Morgan fingerprint density at radius 2 is 2.00 bits per heavy atom. The Hall–Kier alpha value is -1.36. The van der Waals surface area contributed by atoms with Crippen LogP contribution in [-0.2, 0) is 4.79 Å². The Kier molecular flexibility index (Phi) is 4.24. The zero-order chi connectivity index (χ0) is 14.0. The fourth-order valence-electron chi connectivity index (χ4n) is 2.42. The van der Waals surface area contributed by atoms with Gasteiger partial charge in [-0.2, -0.15) is 0 Å². The van der Waals surface area contributed by atoms with Crippen molar-refractivity contribution in [2.45, 2.75) is 33.1 Å². The third kappa shape index (κ3) is 3.35. The Balaban J connectivity index is 1.94. The van der Waals surface area contributed by atoms with Crippen LogP contribution in [0.3, 0.4) is 0 Å². The van der Waals surface area contributed by atoms with Crippen LogP contribution in [0, 0.1) is 19.8 Å². The lowest BCUT2D eigenvalue weighted by molar-refractivity contribution is -0.138. The smallest absolute Gasteiger partial charge is 0.303 e. The van der Waals surface area contributed by atoms with Crippen LogP contribution in [-0.4, -0.2) is 35.0 Å². The first kappa shape index (κ1) is 14.1. The lowest BCUT2D eigenvalue weighted by Gasteiger charge is -2.31. The van der Waals surface area contributed by atoms with Gasteiger partial charge in [0.2, 0.25) is 0 Å². The highest BCUT2D eigenvalue weighted by molar-refractivity contribution is 7.14. The van der Waals surface area contributed by atoms with E-state index in [0.29, 0.717) is 13.1 Å². The molecule has 1 saturated heterocycles. The van der Waals surface area contributed by atoms with E-state index in [-0.39, 0.29) is 18.2 Å². The molecular formula is C14H19NO3S. The first-order valence-electron chi connectivity index (χ1n) is 6.55. The summed E-state index contributed by atoms with van der Waals surface area (Å²) in [6, 6.07) is 1.95. The molecule has 1 aliphatic rings. The fraction of sp³-hybridized carbons (Fsp3) is 0.571. The summed E-state index contributed by atoms with van der Waals surface area (Å²) in [7, 11) is 0. The van der Waals surface area contributed by atoms with Gasteiger partial charge in [0.15, 0.2) is 0 Å². The molecule has 1 aliphatic heterocycles. The number of hydrogen-bond donors (Lipinski definition) is 1. The van der Waals surface area contributed by atoms with Crippen LogP contribution < -0.4 is 0 Å². The van der Waals surface area contributed by atoms with Crippen LogP contribution in [0.5, 0.6) is 0 Å².